The van der Waals surface area contributed by atoms with Crippen LogP contribution in [0.5, 0.6) is 0 Å². The van der Waals surface area contributed by atoms with Crippen LogP contribution in [-0.4, -0.2) is 81.3 Å². The number of rotatable bonds is 9. The second-order valence-electron chi connectivity index (χ2n) is 8.29. The first-order chi connectivity index (χ1) is 14.3. The molecule has 0 saturated carbocycles. The predicted molar refractivity (Wildman–Crippen MR) is 136 cm³/mol. The van der Waals surface area contributed by atoms with E-state index in [0.717, 1.165) is 58.4 Å². The van der Waals surface area contributed by atoms with Gasteiger partial charge in [0, 0.05) is 39.3 Å². The average molecular weight is 530 g/mol. The van der Waals surface area contributed by atoms with Gasteiger partial charge in [0.1, 0.15) is 0 Å². The highest BCUT2D eigenvalue weighted by atomic mass is 127. The highest BCUT2D eigenvalue weighted by Gasteiger charge is 2.23. The van der Waals surface area contributed by atoms with Gasteiger partial charge < -0.3 is 15.4 Å². The molecule has 0 radical (unpaired) electrons. The van der Waals surface area contributed by atoms with Gasteiger partial charge in [0.15, 0.2) is 5.96 Å². The number of nitrogens with zero attached hydrogens (tertiary/aromatic N) is 3. The molecule has 0 bridgehead atoms. The summed E-state index contributed by atoms with van der Waals surface area (Å²) in [5, 5.41) is 7.04. The molecule has 2 unspecified atom stereocenters. The molecule has 2 heterocycles. The Hall–Kier alpha value is -0.900. The Bertz CT molecular complexity index is 603. The lowest BCUT2D eigenvalue weighted by Gasteiger charge is -2.29. The highest BCUT2D eigenvalue weighted by molar-refractivity contribution is 14.0. The molecule has 2 atom stereocenters. The molecule has 2 saturated heterocycles. The molecule has 2 aliphatic heterocycles. The van der Waals surface area contributed by atoms with E-state index in [2.05, 4.69) is 64.6 Å². The second kappa shape index (κ2) is 14.2. The van der Waals surface area contributed by atoms with Crippen LogP contribution in [-0.2, 0) is 4.74 Å². The summed E-state index contributed by atoms with van der Waals surface area (Å²) in [5.41, 5.74) is 1.39. The Labute approximate surface area is 199 Å². The fourth-order valence-corrected chi connectivity index (χ4v) is 4.25. The fourth-order valence-electron chi connectivity index (χ4n) is 4.25. The van der Waals surface area contributed by atoms with Gasteiger partial charge in [-0.25, -0.2) is 0 Å². The number of hydrogen-bond donors (Lipinski definition) is 2. The quantitative estimate of drug-likeness (QED) is 0.293. The third kappa shape index (κ3) is 8.32. The Balaban J connectivity index is 0.00000320. The smallest absolute Gasteiger partial charge is 0.191 e. The van der Waals surface area contributed by atoms with Crippen molar-refractivity contribution in [1.29, 1.82) is 0 Å². The lowest BCUT2D eigenvalue weighted by Crippen LogP contribution is -2.43. The Kier molecular flexibility index (Phi) is 12.0. The first-order valence-electron chi connectivity index (χ1n) is 11.4. The highest BCUT2D eigenvalue weighted by Crippen LogP contribution is 2.24. The summed E-state index contributed by atoms with van der Waals surface area (Å²) in [5.74, 6) is 1.47. The summed E-state index contributed by atoms with van der Waals surface area (Å²) in [6.45, 7) is 14.3. The molecule has 2 aliphatic rings. The monoisotopic (exact) mass is 529 g/mol. The van der Waals surface area contributed by atoms with Gasteiger partial charge >= 0.3 is 0 Å². The van der Waals surface area contributed by atoms with Crippen LogP contribution < -0.4 is 10.6 Å². The van der Waals surface area contributed by atoms with Crippen LogP contribution in [0.2, 0.25) is 0 Å². The number of guanidine groups is 1. The van der Waals surface area contributed by atoms with Gasteiger partial charge in [0.2, 0.25) is 0 Å². The topological polar surface area (TPSA) is 52.1 Å². The molecule has 1 aromatic carbocycles. The van der Waals surface area contributed by atoms with Crippen LogP contribution in [0.3, 0.4) is 0 Å². The number of aliphatic imine (C=N–C) groups is 1. The maximum atomic E-state index is 5.45. The summed E-state index contributed by atoms with van der Waals surface area (Å²) >= 11 is 0. The average Bonchev–Trinajstić information content (AvgIpc) is 3.28. The molecule has 6 nitrogen and oxygen atoms in total. The van der Waals surface area contributed by atoms with Crippen LogP contribution in [0, 0.1) is 5.92 Å². The Morgan fingerprint density at radius 1 is 1.07 bits per heavy atom. The van der Waals surface area contributed by atoms with Crippen molar-refractivity contribution in [2.45, 2.75) is 32.7 Å². The van der Waals surface area contributed by atoms with E-state index in [1.54, 1.807) is 0 Å². The zero-order chi connectivity index (χ0) is 20.3. The van der Waals surface area contributed by atoms with Gasteiger partial charge in [-0.2, -0.15) is 0 Å². The van der Waals surface area contributed by atoms with Crippen LogP contribution in [0.1, 0.15) is 38.3 Å². The molecule has 7 heteroatoms. The van der Waals surface area contributed by atoms with Crippen molar-refractivity contribution in [3.63, 3.8) is 0 Å². The van der Waals surface area contributed by atoms with Crippen molar-refractivity contribution < 1.29 is 4.74 Å². The Morgan fingerprint density at radius 2 is 1.77 bits per heavy atom. The van der Waals surface area contributed by atoms with Crippen LogP contribution in [0.15, 0.2) is 35.3 Å². The molecule has 0 aromatic heterocycles. The lowest BCUT2D eigenvalue weighted by molar-refractivity contribution is 0.0323. The maximum absolute atomic E-state index is 5.45. The number of hydrogen-bond acceptors (Lipinski definition) is 4. The summed E-state index contributed by atoms with van der Waals surface area (Å²) in [6.07, 6.45) is 2.60. The van der Waals surface area contributed by atoms with Gasteiger partial charge in [-0.1, -0.05) is 37.3 Å². The normalized spacial score (nSPS) is 20.4. The van der Waals surface area contributed by atoms with Gasteiger partial charge in [0.25, 0.3) is 0 Å². The van der Waals surface area contributed by atoms with E-state index in [-0.39, 0.29) is 24.0 Å². The number of nitrogens with one attached hydrogen (secondary N) is 2. The first kappa shape index (κ1) is 25.4. The fraction of sp³-hybridized carbons (Fsp3) is 0.696. The summed E-state index contributed by atoms with van der Waals surface area (Å²) in [6, 6.07) is 11.3. The zero-order valence-corrected chi connectivity index (χ0v) is 21.0. The van der Waals surface area contributed by atoms with E-state index in [1.165, 1.54) is 31.5 Å². The molecule has 30 heavy (non-hydrogen) atoms. The third-order valence-electron chi connectivity index (χ3n) is 5.81. The number of ether oxygens (including phenoxy) is 1. The Morgan fingerprint density at radius 3 is 2.43 bits per heavy atom. The van der Waals surface area contributed by atoms with Gasteiger partial charge in [0.05, 0.1) is 19.3 Å². The minimum Gasteiger partial charge on any atom is -0.379 e. The van der Waals surface area contributed by atoms with Crippen LogP contribution >= 0.6 is 24.0 Å². The minimum absolute atomic E-state index is 0. The molecule has 0 amide bonds. The van der Waals surface area contributed by atoms with Crippen molar-refractivity contribution in [2.24, 2.45) is 10.9 Å². The number of likely N-dealkylation sites (tertiary alicyclic amines) is 1. The van der Waals surface area contributed by atoms with E-state index in [9.17, 15) is 0 Å². The van der Waals surface area contributed by atoms with E-state index >= 15 is 0 Å². The summed E-state index contributed by atoms with van der Waals surface area (Å²) in [7, 11) is 0. The van der Waals surface area contributed by atoms with Crippen molar-refractivity contribution in [2.75, 3.05) is 65.6 Å². The van der Waals surface area contributed by atoms with Crippen molar-refractivity contribution in [3.05, 3.63) is 35.9 Å². The maximum Gasteiger partial charge on any atom is 0.191 e. The number of morpholine rings is 1. The predicted octanol–water partition coefficient (Wildman–Crippen LogP) is 2.96. The van der Waals surface area contributed by atoms with E-state index in [4.69, 9.17) is 9.73 Å². The van der Waals surface area contributed by atoms with Crippen LogP contribution in [0.25, 0.3) is 0 Å². The van der Waals surface area contributed by atoms with E-state index in [0.29, 0.717) is 12.0 Å². The molecule has 0 spiro atoms. The lowest BCUT2D eigenvalue weighted by atomic mass is 10.1. The van der Waals surface area contributed by atoms with Gasteiger partial charge in [-0.3, -0.25) is 14.8 Å². The number of halogens is 1. The van der Waals surface area contributed by atoms with Crippen molar-refractivity contribution >= 4 is 29.9 Å². The molecule has 2 fully saturated rings. The molecule has 2 N–H and O–H groups in total. The van der Waals surface area contributed by atoms with Crippen molar-refractivity contribution in [1.82, 2.24) is 20.4 Å². The molecule has 1 aromatic rings. The first-order valence-corrected chi connectivity index (χ1v) is 11.4. The molecule has 170 valence electrons. The van der Waals surface area contributed by atoms with Crippen molar-refractivity contribution in [3.8, 4) is 0 Å². The third-order valence-corrected chi connectivity index (χ3v) is 5.81. The van der Waals surface area contributed by atoms with Crippen LogP contribution in [0.4, 0.5) is 0 Å². The van der Waals surface area contributed by atoms with Gasteiger partial charge in [-0.15, -0.1) is 24.0 Å². The zero-order valence-electron chi connectivity index (χ0n) is 18.7. The molecular formula is C23H40IN5O. The molecule has 3 rings (SSSR count). The molecule has 0 aliphatic carbocycles. The standard InChI is InChI=1S/C23H39N5O.HI/c1-3-24-23(25-17-20(2)19-27-13-15-29-16-14-27)26-18-22(28-11-7-8-12-28)21-9-5-4-6-10-21;/h4-6,9-10,20,22H,3,7-8,11-19H2,1-2H3,(H2,24,25,26);1H. The summed E-state index contributed by atoms with van der Waals surface area (Å²) in [4.78, 5) is 9.98. The molecular weight excluding hydrogens is 489 g/mol. The van der Waals surface area contributed by atoms with E-state index < -0.39 is 0 Å². The minimum atomic E-state index is 0. The second-order valence-corrected chi connectivity index (χ2v) is 8.29. The van der Waals surface area contributed by atoms with E-state index in [1.807, 2.05) is 0 Å². The van der Waals surface area contributed by atoms with Gasteiger partial charge in [-0.05, 0) is 44.3 Å². The SMILES string of the molecule is CCNC(=NCC(C)CN1CCOCC1)NCC(c1ccccc1)N1CCCC1.I. The summed E-state index contributed by atoms with van der Waals surface area (Å²) < 4.78 is 5.45. The number of benzene rings is 1. The largest absolute Gasteiger partial charge is 0.379 e.